The summed E-state index contributed by atoms with van der Waals surface area (Å²) in [5.41, 5.74) is 3.46. The van der Waals surface area contributed by atoms with Gasteiger partial charge in [-0.3, -0.25) is 4.79 Å². The second-order valence-corrected chi connectivity index (χ2v) is 10.3. The third-order valence-corrected chi connectivity index (χ3v) is 7.93. The van der Waals surface area contributed by atoms with Gasteiger partial charge >= 0.3 is 12.1 Å². The molecule has 7 nitrogen and oxygen atoms in total. The molecule has 3 aliphatic rings. The van der Waals surface area contributed by atoms with Gasteiger partial charge in [0.2, 0.25) is 5.91 Å². The minimum absolute atomic E-state index is 0.00541. The van der Waals surface area contributed by atoms with Crippen molar-refractivity contribution in [3.8, 4) is 11.1 Å². The van der Waals surface area contributed by atoms with Crippen molar-refractivity contribution in [3.63, 3.8) is 0 Å². The molecule has 0 bridgehead atoms. The molecular weight excluding hydrogens is 444 g/mol. The first-order valence-corrected chi connectivity index (χ1v) is 12.5. The summed E-state index contributed by atoms with van der Waals surface area (Å²) in [6, 6.07) is 16.2. The lowest BCUT2D eigenvalue weighted by Gasteiger charge is -2.32. The van der Waals surface area contributed by atoms with E-state index in [2.05, 4.69) is 34.9 Å². The molecule has 2 fully saturated rings. The van der Waals surface area contributed by atoms with Gasteiger partial charge in [-0.15, -0.1) is 0 Å². The molecule has 3 aliphatic carbocycles. The lowest BCUT2D eigenvalue weighted by molar-refractivity contribution is -0.148. The van der Waals surface area contributed by atoms with Crippen LogP contribution in [0.2, 0.25) is 0 Å². The van der Waals surface area contributed by atoms with Gasteiger partial charge in [-0.1, -0.05) is 55.0 Å². The third kappa shape index (κ3) is 4.64. The highest BCUT2D eigenvalue weighted by Gasteiger charge is 2.49. The number of alkyl carbamates (subject to hydrolysis) is 1. The summed E-state index contributed by atoms with van der Waals surface area (Å²) in [6.45, 7) is 1.84. The molecule has 3 unspecified atom stereocenters. The fourth-order valence-corrected chi connectivity index (χ4v) is 5.71. The highest BCUT2D eigenvalue weighted by atomic mass is 16.5. The van der Waals surface area contributed by atoms with Gasteiger partial charge < -0.3 is 20.5 Å². The molecule has 2 saturated carbocycles. The topological polar surface area (TPSA) is 105 Å². The summed E-state index contributed by atoms with van der Waals surface area (Å²) < 4.78 is 5.66. The summed E-state index contributed by atoms with van der Waals surface area (Å²) in [4.78, 5) is 37.3. The van der Waals surface area contributed by atoms with E-state index in [0.717, 1.165) is 36.8 Å². The zero-order valence-electron chi connectivity index (χ0n) is 20.0. The van der Waals surface area contributed by atoms with Crippen LogP contribution >= 0.6 is 0 Å². The number of nitrogens with one attached hydrogen (secondary N) is 2. The van der Waals surface area contributed by atoms with Crippen LogP contribution in [0.3, 0.4) is 0 Å². The van der Waals surface area contributed by atoms with Crippen molar-refractivity contribution in [3.05, 3.63) is 59.7 Å². The lowest BCUT2D eigenvalue weighted by atomic mass is 9.84. The Balaban J connectivity index is 1.17. The molecule has 3 atom stereocenters. The Bertz CT molecular complexity index is 1100. The average molecular weight is 477 g/mol. The standard InChI is InChI=1S/C28H32N2O5/c1-28(26(32)33,18-13-14-18)30-25(31)17-7-6-8-19(15-17)29-27(34)35-16-24-22-11-4-2-9-20(22)21-10-3-5-12-23(21)24/h2-5,9-12,17-19,24H,6-8,13-16H2,1H3,(H,29,34)(H,30,31)(H,32,33). The second kappa shape index (κ2) is 9.36. The van der Waals surface area contributed by atoms with Gasteiger partial charge in [0.25, 0.3) is 0 Å². The number of rotatable bonds is 7. The molecule has 0 saturated heterocycles. The zero-order valence-corrected chi connectivity index (χ0v) is 20.0. The van der Waals surface area contributed by atoms with Gasteiger partial charge in [0.15, 0.2) is 0 Å². The third-order valence-electron chi connectivity index (χ3n) is 7.93. The van der Waals surface area contributed by atoms with E-state index in [1.54, 1.807) is 6.92 Å². The molecule has 184 valence electrons. The molecule has 0 aliphatic heterocycles. The number of carbonyl (C=O) groups excluding carboxylic acids is 2. The van der Waals surface area contributed by atoms with Crippen molar-refractivity contribution in [2.45, 2.75) is 62.9 Å². The van der Waals surface area contributed by atoms with Crippen LogP contribution < -0.4 is 10.6 Å². The van der Waals surface area contributed by atoms with Crippen molar-refractivity contribution in [1.29, 1.82) is 0 Å². The maximum absolute atomic E-state index is 12.9. The summed E-state index contributed by atoms with van der Waals surface area (Å²) >= 11 is 0. The number of aliphatic carboxylic acids is 1. The Kier molecular flexibility index (Phi) is 6.26. The first-order chi connectivity index (χ1) is 16.9. The Morgan fingerprint density at radius 1 is 0.971 bits per heavy atom. The first kappa shape index (κ1) is 23.4. The number of carboxylic acid groups (broad SMARTS) is 1. The number of carbonyl (C=O) groups is 3. The monoisotopic (exact) mass is 476 g/mol. The predicted molar refractivity (Wildman–Crippen MR) is 131 cm³/mol. The van der Waals surface area contributed by atoms with Crippen LogP contribution in [0.4, 0.5) is 4.79 Å². The van der Waals surface area contributed by atoms with Crippen molar-refractivity contribution < 1.29 is 24.2 Å². The average Bonchev–Trinajstić information content (AvgIpc) is 3.66. The molecule has 3 N–H and O–H groups in total. The van der Waals surface area contributed by atoms with Gasteiger partial charge in [0.1, 0.15) is 12.1 Å². The van der Waals surface area contributed by atoms with Crippen molar-refractivity contribution >= 4 is 18.0 Å². The Labute approximate surface area is 205 Å². The van der Waals surface area contributed by atoms with Crippen LogP contribution in [0, 0.1) is 11.8 Å². The molecule has 0 heterocycles. The van der Waals surface area contributed by atoms with E-state index in [4.69, 9.17) is 4.74 Å². The van der Waals surface area contributed by atoms with Gasteiger partial charge in [-0.2, -0.15) is 0 Å². The Morgan fingerprint density at radius 2 is 1.60 bits per heavy atom. The van der Waals surface area contributed by atoms with E-state index in [9.17, 15) is 19.5 Å². The molecule has 5 rings (SSSR count). The highest BCUT2D eigenvalue weighted by Crippen LogP contribution is 2.44. The highest BCUT2D eigenvalue weighted by molar-refractivity contribution is 5.88. The number of ether oxygens (including phenoxy) is 1. The number of benzene rings is 2. The normalized spacial score (nSPS) is 22.9. The lowest BCUT2D eigenvalue weighted by Crippen LogP contribution is -2.56. The SMILES string of the molecule is CC(NC(=O)C1CCCC(NC(=O)OCC2c3ccccc3-c3ccccc32)C1)(C(=O)O)C1CC1. The summed E-state index contributed by atoms with van der Waals surface area (Å²) in [6.07, 6.45) is 3.89. The second-order valence-electron chi connectivity index (χ2n) is 10.3. The van der Waals surface area contributed by atoms with Gasteiger partial charge in [-0.05, 0) is 67.2 Å². The van der Waals surface area contributed by atoms with Gasteiger partial charge in [0, 0.05) is 17.9 Å². The summed E-state index contributed by atoms with van der Waals surface area (Å²) in [5.74, 6) is -1.56. The number of fused-ring (bicyclic) bond motifs is 3. The van der Waals surface area contributed by atoms with Gasteiger partial charge in [0.05, 0.1) is 0 Å². The van der Waals surface area contributed by atoms with E-state index >= 15 is 0 Å². The maximum Gasteiger partial charge on any atom is 0.407 e. The number of hydrogen-bond donors (Lipinski definition) is 3. The van der Waals surface area contributed by atoms with Crippen molar-refractivity contribution in [2.75, 3.05) is 6.61 Å². The van der Waals surface area contributed by atoms with Crippen LogP contribution in [-0.4, -0.2) is 41.3 Å². The summed E-state index contributed by atoms with van der Waals surface area (Å²) in [7, 11) is 0. The minimum Gasteiger partial charge on any atom is -0.480 e. The fourth-order valence-electron chi connectivity index (χ4n) is 5.71. The molecule has 2 amide bonds. The van der Waals surface area contributed by atoms with Crippen LogP contribution in [0.25, 0.3) is 11.1 Å². The molecule has 0 spiro atoms. The molecule has 0 aromatic heterocycles. The zero-order chi connectivity index (χ0) is 24.6. The van der Waals surface area contributed by atoms with E-state index in [-0.39, 0.29) is 36.3 Å². The number of hydrogen-bond acceptors (Lipinski definition) is 4. The maximum atomic E-state index is 12.9. The largest absolute Gasteiger partial charge is 0.480 e. The fraction of sp³-hybridized carbons (Fsp3) is 0.464. The predicted octanol–water partition coefficient (Wildman–Crippen LogP) is 4.45. The van der Waals surface area contributed by atoms with E-state index in [0.29, 0.717) is 12.8 Å². The van der Waals surface area contributed by atoms with Crippen LogP contribution in [-0.2, 0) is 14.3 Å². The number of carboxylic acids is 1. The summed E-state index contributed by atoms with van der Waals surface area (Å²) in [5, 5.41) is 15.4. The van der Waals surface area contributed by atoms with Crippen molar-refractivity contribution in [1.82, 2.24) is 10.6 Å². The molecule has 0 radical (unpaired) electrons. The van der Waals surface area contributed by atoms with Crippen LogP contribution in [0.15, 0.2) is 48.5 Å². The van der Waals surface area contributed by atoms with E-state index < -0.39 is 17.6 Å². The molecule has 2 aromatic carbocycles. The van der Waals surface area contributed by atoms with Gasteiger partial charge in [-0.25, -0.2) is 9.59 Å². The first-order valence-electron chi connectivity index (χ1n) is 12.5. The Hall–Kier alpha value is -3.35. The Morgan fingerprint density at radius 3 is 2.20 bits per heavy atom. The molecule has 2 aromatic rings. The molecular formula is C28H32N2O5. The van der Waals surface area contributed by atoms with Crippen LogP contribution in [0.5, 0.6) is 0 Å². The van der Waals surface area contributed by atoms with E-state index in [1.165, 1.54) is 11.1 Å². The van der Waals surface area contributed by atoms with E-state index in [1.807, 2.05) is 24.3 Å². The smallest absolute Gasteiger partial charge is 0.407 e. The van der Waals surface area contributed by atoms with Crippen LogP contribution in [0.1, 0.15) is 62.5 Å². The molecule has 7 heteroatoms. The van der Waals surface area contributed by atoms with Crippen molar-refractivity contribution in [2.24, 2.45) is 11.8 Å². The minimum atomic E-state index is -1.22. The number of amides is 2. The quantitative estimate of drug-likeness (QED) is 0.548. The molecule has 35 heavy (non-hydrogen) atoms.